The Balaban J connectivity index is 1.96. The zero-order valence-electron chi connectivity index (χ0n) is 7.81. The van der Waals surface area contributed by atoms with Crippen molar-refractivity contribution in [3.63, 3.8) is 0 Å². The minimum absolute atomic E-state index is 0.274. The lowest BCUT2D eigenvalue weighted by Crippen LogP contribution is -1.92. The monoisotopic (exact) mass is 224 g/mol. The van der Waals surface area contributed by atoms with Crippen LogP contribution in [0.3, 0.4) is 0 Å². The van der Waals surface area contributed by atoms with Crippen LogP contribution in [0.5, 0.6) is 5.75 Å². The maximum Gasteiger partial charge on any atom is 0.180 e. The Morgan fingerprint density at radius 1 is 1.33 bits per heavy atom. The number of benzene rings is 1. The van der Waals surface area contributed by atoms with Gasteiger partial charge in [-0.1, -0.05) is 11.3 Å². The van der Waals surface area contributed by atoms with Crippen LogP contribution in [0.1, 0.15) is 4.88 Å². The van der Waals surface area contributed by atoms with E-state index in [0.717, 1.165) is 4.88 Å². The Hall–Kier alpha value is -1.62. The normalized spacial score (nSPS) is 10.2. The molecule has 2 N–H and O–H groups in total. The molecule has 1 heterocycles. The molecule has 0 aliphatic rings. The molecule has 15 heavy (non-hydrogen) atoms. The first-order valence-electron chi connectivity index (χ1n) is 4.32. The number of nitrogens with zero attached hydrogens (tertiary/aromatic N) is 1. The smallest absolute Gasteiger partial charge is 0.180 e. The van der Waals surface area contributed by atoms with Crippen molar-refractivity contribution in [2.24, 2.45) is 0 Å². The van der Waals surface area contributed by atoms with Gasteiger partial charge in [0.25, 0.3) is 0 Å². The number of thiazole rings is 1. The highest BCUT2D eigenvalue weighted by atomic mass is 32.1. The summed E-state index contributed by atoms with van der Waals surface area (Å²) in [7, 11) is 0. The van der Waals surface area contributed by atoms with Crippen LogP contribution in [-0.2, 0) is 6.61 Å². The molecule has 0 atom stereocenters. The number of hydrogen-bond donors (Lipinski definition) is 1. The van der Waals surface area contributed by atoms with E-state index in [0.29, 0.717) is 17.5 Å². The average Bonchev–Trinajstić information content (AvgIpc) is 2.64. The zero-order chi connectivity index (χ0) is 10.7. The summed E-state index contributed by atoms with van der Waals surface area (Å²) in [6, 6.07) is 5.88. The third-order valence-electron chi connectivity index (χ3n) is 1.77. The minimum Gasteiger partial charge on any atom is -0.488 e. The fourth-order valence-electron chi connectivity index (χ4n) is 1.07. The molecular weight excluding hydrogens is 215 g/mol. The summed E-state index contributed by atoms with van der Waals surface area (Å²) in [6.07, 6.45) is 1.67. The molecule has 78 valence electrons. The van der Waals surface area contributed by atoms with E-state index in [1.54, 1.807) is 18.3 Å². The standard InChI is InChI=1S/C10H9FN2OS/c11-7-1-3-8(4-2-7)14-6-9-5-13-10(12)15-9/h1-5H,6H2,(H2,12,13). The highest BCUT2D eigenvalue weighted by Gasteiger charge is 2.00. The number of halogens is 1. The largest absolute Gasteiger partial charge is 0.488 e. The summed E-state index contributed by atoms with van der Waals surface area (Å²) in [5.41, 5.74) is 5.47. The Kier molecular flexibility index (Phi) is 2.82. The first-order chi connectivity index (χ1) is 7.24. The molecule has 0 aliphatic carbocycles. The third-order valence-corrected chi connectivity index (χ3v) is 2.57. The van der Waals surface area contributed by atoms with Crippen molar-refractivity contribution in [1.82, 2.24) is 4.98 Å². The maximum absolute atomic E-state index is 12.6. The lowest BCUT2D eigenvalue weighted by Gasteiger charge is -2.03. The Morgan fingerprint density at radius 3 is 2.67 bits per heavy atom. The van der Waals surface area contributed by atoms with Gasteiger partial charge in [0, 0.05) is 6.20 Å². The van der Waals surface area contributed by atoms with Gasteiger partial charge in [-0.3, -0.25) is 0 Å². The predicted octanol–water partition coefficient (Wildman–Crippen LogP) is 2.44. The number of aromatic nitrogens is 1. The summed E-state index contributed by atoms with van der Waals surface area (Å²) < 4.78 is 18.0. The van der Waals surface area contributed by atoms with Gasteiger partial charge in [0.1, 0.15) is 18.2 Å². The molecule has 0 bridgehead atoms. The highest BCUT2D eigenvalue weighted by Crippen LogP contribution is 2.18. The molecule has 0 amide bonds. The Labute approximate surface area is 90.3 Å². The molecule has 2 rings (SSSR count). The number of nitrogen functional groups attached to an aromatic ring is 1. The molecule has 3 nitrogen and oxygen atoms in total. The molecule has 0 saturated carbocycles. The van der Waals surface area contributed by atoms with Gasteiger partial charge in [0.15, 0.2) is 5.13 Å². The van der Waals surface area contributed by atoms with Crippen molar-refractivity contribution in [2.45, 2.75) is 6.61 Å². The second-order valence-corrected chi connectivity index (χ2v) is 4.05. The lowest BCUT2D eigenvalue weighted by molar-refractivity contribution is 0.309. The second-order valence-electron chi connectivity index (χ2n) is 2.91. The van der Waals surface area contributed by atoms with E-state index in [1.165, 1.54) is 23.5 Å². The average molecular weight is 224 g/mol. The highest BCUT2D eigenvalue weighted by molar-refractivity contribution is 7.15. The van der Waals surface area contributed by atoms with Gasteiger partial charge < -0.3 is 10.5 Å². The van der Waals surface area contributed by atoms with Gasteiger partial charge in [0.2, 0.25) is 0 Å². The Bertz CT molecular complexity index is 441. The van der Waals surface area contributed by atoms with Gasteiger partial charge in [-0.2, -0.15) is 0 Å². The first-order valence-corrected chi connectivity index (χ1v) is 5.14. The van der Waals surface area contributed by atoms with Crippen LogP contribution in [-0.4, -0.2) is 4.98 Å². The van der Waals surface area contributed by atoms with E-state index in [2.05, 4.69) is 4.98 Å². The number of ether oxygens (including phenoxy) is 1. The van der Waals surface area contributed by atoms with Gasteiger partial charge in [-0.25, -0.2) is 9.37 Å². The third kappa shape index (κ3) is 2.66. The topological polar surface area (TPSA) is 48.1 Å². The van der Waals surface area contributed by atoms with Crippen LogP contribution in [0.15, 0.2) is 30.5 Å². The lowest BCUT2D eigenvalue weighted by atomic mass is 10.3. The molecule has 0 spiro atoms. The fourth-order valence-corrected chi connectivity index (χ4v) is 1.67. The molecule has 0 unspecified atom stereocenters. The van der Waals surface area contributed by atoms with Crippen LogP contribution >= 0.6 is 11.3 Å². The molecule has 1 aromatic heterocycles. The van der Waals surface area contributed by atoms with Crippen LogP contribution in [0.2, 0.25) is 0 Å². The number of anilines is 1. The molecule has 2 aromatic rings. The van der Waals surface area contributed by atoms with Gasteiger partial charge in [-0.15, -0.1) is 0 Å². The van der Waals surface area contributed by atoms with Crippen molar-refractivity contribution in [1.29, 1.82) is 0 Å². The van der Waals surface area contributed by atoms with E-state index >= 15 is 0 Å². The van der Waals surface area contributed by atoms with Crippen molar-refractivity contribution in [3.05, 3.63) is 41.2 Å². The van der Waals surface area contributed by atoms with Gasteiger partial charge in [-0.05, 0) is 24.3 Å². The molecule has 0 saturated heterocycles. The van der Waals surface area contributed by atoms with Gasteiger partial charge >= 0.3 is 0 Å². The predicted molar refractivity (Wildman–Crippen MR) is 57.3 cm³/mol. The van der Waals surface area contributed by atoms with Crippen LogP contribution in [0.4, 0.5) is 9.52 Å². The number of rotatable bonds is 3. The summed E-state index contributed by atoms with van der Waals surface area (Å²) in [4.78, 5) is 4.84. The molecule has 1 aromatic carbocycles. The van der Waals surface area contributed by atoms with E-state index in [4.69, 9.17) is 10.5 Å². The van der Waals surface area contributed by atoms with E-state index < -0.39 is 0 Å². The van der Waals surface area contributed by atoms with E-state index in [9.17, 15) is 4.39 Å². The number of hydrogen-bond acceptors (Lipinski definition) is 4. The van der Waals surface area contributed by atoms with Gasteiger partial charge in [0.05, 0.1) is 4.88 Å². The Morgan fingerprint density at radius 2 is 2.07 bits per heavy atom. The van der Waals surface area contributed by atoms with Crippen LogP contribution in [0, 0.1) is 5.82 Å². The van der Waals surface area contributed by atoms with Crippen molar-refractivity contribution >= 4 is 16.5 Å². The summed E-state index contributed by atoms with van der Waals surface area (Å²) in [6.45, 7) is 0.403. The summed E-state index contributed by atoms with van der Waals surface area (Å²) >= 11 is 1.38. The molecule has 5 heteroatoms. The first kappa shape index (κ1) is 9.92. The van der Waals surface area contributed by atoms with Crippen molar-refractivity contribution in [3.8, 4) is 5.75 Å². The zero-order valence-corrected chi connectivity index (χ0v) is 8.63. The van der Waals surface area contributed by atoms with Crippen LogP contribution in [0.25, 0.3) is 0 Å². The fraction of sp³-hybridized carbons (Fsp3) is 0.100. The van der Waals surface area contributed by atoms with E-state index in [-0.39, 0.29) is 5.82 Å². The number of nitrogens with two attached hydrogens (primary N) is 1. The van der Waals surface area contributed by atoms with Crippen LogP contribution < -0.4 is 10.5 Å². The summed E-state index contributed by atoms with van der Waals surface area (Å²) in [5, 5.41) is 0.521. The molecule has 0 aliphatic heterocycles. The SMILES string of the molecule is Nc1ncc(COc2ccc(F)cc2)s1. The van der Waals surface area contributed by atoms with Crippen molar-refractivity contribution < 1.29 is 9.13 Å². The molecule has 0 radical (unpaired) electrons. The second kappa shape index (κ2) is 4.27. The molecular formula is C10H9FN2OS. The maximum atomic E-state index is 12.6. The molecule has 0 fully saturated rings. The van der Waals surface area contributed by atoms with Crippen molar-refractivity contribution in [2.75, 3.05) is 5.73 Å². The quantitative estimate of drug-likeness (QED) is 0.871. The summed E-state index contributed by atoms with van der Waals surface area (Å²) in [5.74, 6) is 0.354. The minimum atomic E-state index is -0.274. The van der Waals surface area contributed by atoms with E-state index in [1.807, 2.05) is 0 Å².